The molecule has 0 fully saturated rings. The first-order chi connectivity index (χ1) is 25.1. The molecule has 53 heavy (non-hydrogen) atoms. The Hall–Kier alpha value is -4.89. The quantitative estimate of drug-likeness (QED) is 0.153. The first kappa shape index (κ1) is 40.9. The highest BCUT2D eigenvalue weighted by Crippen LogP contribution is 2.26. The van der Waals surface area contributed by atoms with Gasteiger partial charge in [-0.25, -0.2) is 13.7 Å². The zero-order valence-electron chi connectivity index (χ0n) is 35.1. The van der Waals surface area contributed by atoms with E-state index in [1.165, 1.54) is 83.8 Å². The van der Waals surface area contributed by atoms with Crippen molar-refractivity contribution in [1.29, 1.82) is 0 Å². The molecule has 0 amide bonds. The minimum atomic E-state index is 0.573. The van der Waals surface area contributed by atoms with Crippen LogP contribution in [0.25, 0.3) is 33.8 Å². The predicted octanol–water partition coefficient (Wildman–Crippen LogP) is 11.2. The molecule has 0 aliphatic carbocycles. The summed E-state index contributed by atoms with van der Waals surface area (Å²) in [6, 6.07) is 33.3. The Labute approximate surface area is 321 Å². The van der Waals surface area contributed by atoms with E-state index < -0.39 is 0 Å². The fourth-order valence-corrected chi connectivity index (χ4v) is 6.97. The number of aryl methyl sites for hydroxylation is 10. The van der Waals surface area contributed by atoms with Gasteiger partial charge in [-0.3, -0.25) is 0 Å². The van der Waals surface area contributed by atoms with Gasteiger partial charge in [-0.05, 0) is 118 Å². The standard InChI is InChI=1S/2C17H22N.C16H20N/c1-12(2)15-7-8-16(14(4)10-15)17-9-6-13(3)11-18(17)5;1-12(2)15-7-9-17(18(5)11-15)16-8-6-13(3)10-14(16)4;1-5-14-7-9-16(17(4)11-14)15-8-6-12(2)10-13(15)3/h2*6-12H,1-5H3;6-11H,5H2,1-4H3/q3*+1. The van der Waals surface area contributed by atoms with Crippen LogP contribution in [0.2, 0.25) is 0 Å². The fraction of sp³-hybridized carbons (Fsp3) is 0.340. The molecule has 276 valence electrons. The van der Waals surface area contributed by atoms with Crippen LogP contribution in [0.3, 0.4) is 0 Å². The zero-order valence-corrected chi connectivity index (χ0v) is 35.1. The third-order valence-corrected chi connectivity index (χ3v) is 10.2. The minimum absolute atomic E-state index is 0.573. The summed E-state index contributed by atoms with van der Waals surface area (Å²) in [4.78, 5) is 0. The molecule has 6 aromatic rings. The van der Waals surface area contributed by atoms with Gasteiger partial charge >= 0.3 is 0 Å². The SMILES string of the molecule is CCc1ccc(-c2ccc(C)cc2C)[n+](C)c1.Cc1ccc(-c2ccc(C(C)C)c[n+]2C)c(C)c1.Cc1ccc(-c2ccc(C(C)C)cc2C)[n+](C)c1. The molecule has 3 nitrogen and oxygen atoms in total. The number of hydrogen-bond donors (Lipinski definition) is 0. The van der Waals surface area contributed by atoms with Gasteiger partial charge in [0.15, 0.2) is 18.6 Å². The van der Waals surface area contributed by atoms with Crippen LogP contribution in [-0.4, -0.2) is 0 Å². The second kappa shape index (κ2) is 18.2. The van der Waals surface area contributed by atoms with Crippen molar-refractivity contribution in [3.05, 3.63) is 160 Å². The van der Waals surface area contributed by atoms with Gasteiger partial charge in [0, 0.05) is 51.6 Å². The third-order valence-electron chi connectivity index (χ3n) is 10.2. The molecule has 0 N–H and O–H groups in total. The maximum absolute atomic E-state index is 2.31. The lowest BCUT2D eigenvalue weighted by molar-refractivity contribution is -0.661. The highest BCUT2D eigenvalue weighted by atomic mass is 14.9. The van der Waals surface area contributed by atoms with Crippen LogP contribution in [0.4, 0.5) is 0 Å². The number of pyridine rings is 3. The van der Waals surface area contributed by atoms with Gasteiger partial charge in [0.1, 0.15) is 21.1 Å². The summed E-state index contributed by atoms with van der Waals surface area (Å²) in [7, 11) is 6.35. The van der Waals surface area contributed by atoms with Gasteiger partial charge in [-0.15, -0.1) is 0 Å². The van der Waals surface area contributed by atoms with Crippen LogP contribution in [0.1, 0.15) is 96.5 Å². The van der Waals surface area contributed by atoms with E-state index in [9.17, 15) is 0 Å². The van der Waals surface area contributed by atoms with E-state index in [0.717, 1.165) is 6.42 Å². The number of nitrogens with zero attached hydrogens (tertiary/aromatic N) is 3. The van der Waals surface area contributed by atoms with Crippen molar-refractivity contribution in [1.82, 2.24) is 0 Å². The van der Waals surface area contributed by atoms with Gasteiger partial charge in [-0.2, -0.15) is 0 Å². The first-order valence-corrected chi connectivity index (χ1v) is 19.3. The van der Waals surface area contributed by atoms with Crippen LogP contribution in [0.15, 0.2) is 110 Å². The minimum Gasteiger partial charge on any atom is -0.201 e. The lowest BCUT2D eigenvalue weighted by Crippen LogP contribution is -2.31. The van der Waals surface area contributed by atoms with E-state index in [-0.39, 0.29) is 0 Å². The summed E-state index contributed by atoms with van der Waals surface area (Å²) in [6.07, 6.45) is 7.71. The molecule has 3 aromatic carbocycles. The normalized spacial score (nSPS) is 10.9. The third kappa shape index (κ3) is 10.6. The summed E-state index contributed by atoms with van der Waals surface area (Å²) < 4.78 is 6.65. The van der Waals surface area contributed by atoms with Crippen molar-refractivity contribution in [2.45, 2.75) is 94.4 Å². The van der Waals surface area contributed by atoms with Crippen LogP contribution in [-0.2, 0) is 27.6 Å². The lowest BCUT2D eigenvalue weighted by Gasteiger charge is -2.10. The van der Waals surface area contributed by atoms with Gasteiger partial charge in [0.2, 0.25) is 17.1 Å². The van der Waals surface area contributed by atoms with Crippen LogP contribution in [0.5, 0.6) is 0 Å². The summed E-state index contributed by atoms with van der Waals surface area (Å²) in [5, 5.41) is 0. The summed E-state index contributed by atoms with van der Waals surface area (Å²) in [5.41, 5.74) is 19.9. The Kier molecular flexibility index (Phi) is 14.1. The van der Waals surface area contributed by atoms with Crippen molar-refractivity contribution in [2.24, 2.45) is 21.1 Å². The lowest BCUT2D eigenvalue weighted by atomic mass is 9.96. The second-order valence-corrected chi connectivity index (χ2v) is 15.6. The van der Waals surface area contributed by atoms with Crippen LogP contribution in [0, 0.1) is 41.5 Å². The van der Waals surface area contributed by atoms with Gasteiger partial charge < -0.3 is 0 Å². The summed E-state index contributed by atoms with van der Waals surface area (Å²) in [6.45, 7) is 24.1. The Morgan fingerprint density at radius 3 is 1.23 bits per heavy atom. The first-order valence-electron chi connectivity index (χ1n) is 19.3. The maximum Gasteiger partial charge on any atom is 0.212 e. The number of aromatic nitrogens is 3. The van der Waals surface area contributed by atoms with E-state index >= 15 is 0 Å². The molecular formula is C50H64N3+3. The van der Waals surface area contributed by atoms with Crippen molar-refractivity contribution in [3.63, 3.8) is 0 Å². The molecule has 0 radical (unpaired) electrons. The Morgan fingerprint density at radius 2 is 0.811 bits per heavy atom. The van der Waals surface area contributed by atoms with E-state index in [1.807, 2.05) is 0 Å². The molecule has 0 spiro atoms. The van der Waals surface area contributed by atoms with E-state index in [2.05, 4.69) is 221 Å². The average molecular weight is 707 g/mol. The monoisotopic (exact) mass is 707 g/mol. The van der Waals surface area contributed by atoms with E-state index in [0.29, 0.717) is 11.8 Å². The molecule has 0 unspecified atom stereocenters. The number of rotatable bonds is 6. The van der Waals surface area contributed by atoms with Crippen LogP contribution < -0.4 is 13.7 Å². The van der Waals surface area contributed by atoms with Gasteiger partial charge in [-0.1, -0.05) is 82.1 Å². The maximum atomic E-state index is 2.31. The van der Waals surface area contributed by atoms with Crippen molar-refractivity contribution < 1.29 is 13.7 Å². The molecular weight excluding hydrogens is 643 g/mol. The molecule has 3 aromatic heterocycles. The zero-order chi connectivity index (χ0) is 39.0. The van der Waals surface area contributed by atoms with Gasteiger partial charge in [0.05, 0.1) is 0 Å². The van der Waals surface area contributed by atoms with Crippen LogP contribution >= 0.6 is 0 Å². The molecule has 6 rings (SSSR count). The predicted molar refractivity (Wildman–Crippen MR) is 225 cm³/mol. The topological polar surface area (TPSA) is 11.6 Å². The molecule has 3 heteroatoms. The van der Waals surface area contributed by atoms with E-state index in [4.69, 9.17) is 0 Å². The summed E-state index contributed by atoms with van der Waals surface area (Å²) >= 11 is 0. The fourth-order valence-electron chi connectivity index (χ4n) is 6.97. The number of hydrogen-bond acceptors (Lipinski definition) is 0. The smallest absolute Gasteiger partial charge is 0.201 e. The highest BCUT2D eigenvalue weighted by Gasteiger charge is 2.16. The highest BCUT2D eigenvalue weighted by molar-refractivity contribution is 5.63. The Bertz CT molecular complexity index is 2060. The van der Waals surface area contributed by atoms with Crippen molar-refractivity contribution in [2.75, 3.05) is 0 Å². The molecule has 0 saturated carbocycles. The molecule has 0 saturated heterocycles. The van der Waals surface area contributed by atoms with Crippen molar-refractivity contribution in [3.8, 4) is 33.8 Å². The molecule has 0 atom stereocenters. The van der Waals surface area contributed by atoms with E-state index in [1.54, 1.807) is 0 Å². The molecule has 0 aliphatic heterocycles. The molecule has 0 aliphatic rings. The molecule has 3 heterocycles. The van der Waals surface area contributed by atoms with Crippen molar-refractivity contribution >= 4 is 0 Å². The summed E-state index contributed by atoms with van der Waals surface area (Å²) in [5.74, 6) is 1.16. The molecule has 0 bridgehead atoms. The Morgan fingerprint density at radius 1 is 0.415 bits per heavy atom. The number of benzene rings is 3. The Balaban J connectivity index is 0.000000178. The average Bonchev–Trinajstić information content (AvgIpc) is 3.09. The van der Waals surface area contributed by atoms with Gasteiger partial charge in [0.25, 0.3) is 0 Å². The second-order valence-electron chi connectivity index (χ2n) is 15.6. The largest absolute Gasteiger partial charge is 0.212 e.